The lowest BCUT2D eigenvalue weighted by Gasteiger charge is -2.21. The molecule has 25 heavy (non-hydrogen) atoms. The second-order valence-electron chi connectivity index (χ2n) is 6.10. The largest absolute Gasteiger partial charge is 0.439 e. The summed E-state index contributed by atoms with van der Waals surface area (Å²) in [6.45, 7) is 0.0745. The van der Waals surface area contributed by atoms with Gasteiger partial charge in [0.1, 0.15) is 0 Å². The van der Waals surface area contributed by atoms with Gasteiger partial charge in [-0.3, -0.25) is 4.79 Å². The molecular formula is C17H16N2O5S. The van der Waals surface area contributed by atoms with Gasteiger partial charge in [0, 0.05) is 18.5 Å². The van der Waals surface area contributed by atoms with E-state index in [1.807, 2.05) is 18.2 Å². The van der Waals surface area contributed by atoms with E-state index in [4.69, 9.17) is 4.74 Å². The summed E-state index contributed by atoms with van der Waals surface area (Å²) in [6, 6.07) is 12.0. The van der Waals surface area contributed by atoms with Gasteiger partial charge in [-0.1, -0.05) is 36.4 Å². The molecule has 0 aromatic heterocycles. The van der Waals surface area contributed by atoms with E-state index in [1.165, 1.54) is 4.31 Å². The Labute approximate surface area is 144 Å². The molecule has 8 heteroatoms. The van der Waals surface area contributed by atoms with Crippen LogP contribution in [0.1, 0.15) is 6.42 Å². The first kappa shape index (κ1) is 16.0. The van der Waals surface area contributed by atoms with E-state index < -0.39 is 28.1 Å². The van der Waals surface area contributed by atoms with E-state index in [0.717, 1.165) is 10.3 Å². The number of fused-ring (bicyclic) bond motifs is 1. The Morgan fingerprint density at radius 2 is 1.80 bits per heavy atom. The number of cyclic esters (lactones) is 1. The van der Waals surface area contributed by atoms with E-state index in [9.17, 15) is 18.0 Å². The highest BCUT2D eigenvalue weighted by Gasteiger charge is 2.43. The first-order valence-corrected chi connectivity index (χ1v) is 9.39. The zero-order valence-corrected chi connectivity index (χ0v) is 14.1. The van der Waals surface area contributed by atoms with E-state index in [2.05, 4.69) is 0 Å². The van der Waals surface area contributed by atoms with Gasteiger partial charge in [0.05, 0.1) is 10.9 Å². The highest BCUT2D eigenvalue weighted by molar-refractivity contribution is 7.89. The molecule has 0 N–H and O–H groups in total. The van der Waals surface area contributed by atoms with Crippen molar-refractivity contribution in [1.82, 2.24) is 9.21 Å². The summed E-state index contributed by atoms with van der Waals surface area (Å²) in [5.74, 6) is -0.417. The summed E-state index contributed by atoms with van der Waals surface area (Å²) in [5, 5.41) is 1.50. The van der Waals surface area contributed by atoms with Crippen molar-refractivity contribution in [1.29, 1.82) is 0 Å². The first-order valence-electron chi connectivity index (χ1n) is 7.95. The predicted molar refractivity (Wildman–Crippen MR) is 89.3 cm³/mol. The van der Waals surface area contributed by atoms with Crippen LogP contribution in [-0.2, 0) is 19.6 Å². The molecule has 4 rings (SSSR count). The lowest BCUT2D eigenvalue weighted by atomic mass is 10.1. The second kappa shape index (κ2) is 5.82. The van der Waals surface area contributed by atoms with E-state index in [-0.39, 0.29) is 24.6 Å². The lowest BCUT2D eigenvalue weighted by Crippen LogP contribution is -2.42. The van der Waals surface area contributed by atoms with Crippen molar-refractivity contribution in [3.05, 3.63) is 42.5 Å². The molecule has 7 nitrogen and oxygen atoms in total. The second-order valence-corrected chi connectivity index (χ2v) is 8.01. The minimum Gasteiger partial charge on any atom is -0.439 e. The number of ether oxygens (including phenoxy) is 1. The number of sulfonamides is 1. The maximum atomic E-state index is 13.1. The van der Waals surface area contributed by atoms with Gasteiger partial charge in [-0.15, -0.1) is 0 Å². The number of imide groups is 1. The Bertz CT molecular complexity index is 951. The van der Waals surface area contributed by atoms with Crippen LogP contribution < -0.4 is 0 Å². The number of carbonyl (C=O) groups is 2. The topological polar surface area (TPSA) is 84.0 Å². The van der Waals surface area contributed by atoms with Crippen LogP contribution in [0.25, 0.3) is 10.8 Å². The molecular weight excluding hydrogens is 344 g/mol. The van der Waals surface area contributed by atoms with Crippen molar-refractivity contribution in [2.45, 2.75) is 17.4 Å². The Balaban J connectivity index is 1.65. The van der Waals surface area contributed by atoms with Gasteiger partial charge in [-0.2, -0.15) is 4.31 Å². The summed E-state index contributed by atoms with van der Waals surface area (Å²) in [7, 11) is -3.72. The molecule has 2 amide bonds. The minimum absolute atomic E-state index is 0.0897. The molecule has 0 bridgehead atoms. The van der Waals surface area contributed by atoms with Crippen molar-refractivity contribution in [2.75, 3.05) is 19.7 Å². The van der Waals surface area contributed by atoms with Gasteiger partial charge in [-0.05, 0) is 17.9 Å². The van der Waals surface area contributed by atoms with E-state index in [1.54, 1.807) is 24.3 Å². The molecule has 1 atom stereocenters. The number of hydrogen-bond acceptors (Lipinski definition) is 5. The lowest BCUT2D eigenvalue weighted by molar-refractivity contribution is -0.127. The maximum Gasteiger partial charge on any atom is 0.417 e. The summed E-state index contributed by atoms with van der Waals surface area (Å²) in [6.07, 6.45) is -0.287. The fraction of sp³-hybridized carbons (Fsp3) is 0.294. The molecule has 0 spiro atoms. The highest BCUT2D eigenvalue weighted by atomic mass is 32.2. The molecule has 2 saturated heterocycles. The molecule has 2 aliphatic rings. The van der Waals surface area contributed by atoms with Crippen LogP contribution >= 0.6 is 0 Å². The van der Waals surface area contributed by atoms with Crippen molar-refractivity contribution < 1.29 is 22.7 Å². The third-order valence-electron chi connectivity index (χ3n) is 4.64. The number of carbonyl (C=O) groups excluding carboxylic acids is 2. The van der Waals surface area contributed by atoms with Gasteiger partial charge in [0.25, 0.3) is 5.91 Å². The molecule has 2 fully saturated rings. The summed E-state index contributed by atoms with van der Waals surface area (Å²) >= 11 is 0. The minimum atomic E-state index is -3.72. The Morgan fingerprint density at radius 1 is 1.04 bits per heavy atom. The quantitative estimate of drug-likeness (QED) is 0.830. The van der Waals surface area contributed by atoms with Crippen LogP contribution in [-0.4, -0.2) is 55.4 Å². The van der Waals surface area contributed by atoms with Gasteiger partial charge >= 0.3 is 6.09 Å². The number of amides is 2. The zero-order chi connectivity index (χ0) is 17.6. The highest BCUT2D eigenvalue weighted by Crippen LogP contribution is 2.29. The van der Waals surface area contributed by atoms with Gasteiger partial charge < -0.3 is 4.74 Å². The third-order valence-corrected chi connectivity index (χ3v) is 6.57. The summed E-state index contributed by atoms with van der Waals surface area (Å²) < 4.78 is 32.2. The molecule has 2 aromatic carbocycles. The van der Waals surface area contributed by atoms with Crippen LogP contribution in [0, 0.1) is 0 Å². The molecule has 2 aromatic rings. The van der Waals surface area contributed by atoms with Crippen LogP contribution in [0.2, 0.25) is 0 Å². The molecule has 130 valence electrons. The van der Waals surface area contributed by atoms with Crippen LogP contribution in [0.5, 0.6) is 0 Å². The van der Waals surface area contributed by atoms with Crippen LogP contribution in [0.15, 0.2) is 47.4 Å². The fourth-order valence-corrected chi connectivity index (χ4v) is 5.12. The molecule has 0 aliphatic carbocycles. The van der Waals surface area contributed by atoms with Crippen molar-refractivity contribution in [3.8, 4) is 0 Å². The van der Waals surface area contributed by atoms with Crippen molar-refractivity contribution in [2.24, 2.45) is 0 Å². The molecule has 2 heterocycles. The average Bonchev–Trinajstić information content (AvgIpc) is 3.21. The van der Waals surface area contributed by atoms with E-state index >= 15 is 0 Å². The SMILES string of the molecule is O=C1COC(=O)N1[C@H]1CCN(S(=O)(=O)c2cccc3ccccc23)C1. The molecule has 2 aliphatic heterocycles. The summed E-state index contributed by atoms with van der Waals surface area (Å²) in [4.78, 5) is 24.8. The number of rotatable bonds is 3. The molecule has 0 unspecified atom stereocenters. The Morgan fingerprint density at radius 3 is 2.56 bits per heavy atom. The van der Waals surface area contributed by atoms with Gasteiger partial charge in [-0.25, -0.2) is 18.1 Å². The Kier molecular flexibility index (Phi) is 3.73. The smallest absolute Gasteiger partial charge is 0.417 e. The van der Waals surface area contributed by atoms with Gasteiger partial charge in [0.2, 0.25) is 10.0 Å². The zero-order valence-electron chi connectivity index (χ0n) is 13.3. The Hall–Kier alpha value is -2.45. The normalized spacial score (nSPS) is 21.9. The fourth-order valence-electron chi connectivity index (χ4n) is 3.42. The monoisotopic (exact) mass is 360 g/mol. The average molecular weight is 360 g/mol. The van der Waals surface area contributed by atoms with E-state index in [0.29, 0.717) is 11.8 Å². The predicted octanol–water partition coefficient (Wildman–Crippen LogP) is 1.58. The number of hydrogen-bond donors (Lipinski definition) is 0. The summed E-state index contributed by atoms with van der Waals surface area (Å²) in [5.41, 5.74) is 0. The first-order chi connectivity index (χ1) is 12.0. The maximum absolute atomic E-state index is 13.1. The van der Waals surface area contributed by atoms with Crippen molar-refractivity contribution >= 4 is 32.8 Å². The number of benzene rings is 2. The van der Waals surface area contributed by atoms with Crippen LogP contribution in [0.3, 0.4) is 0 Å². The molecule has 0 saturated carbocycles. The van der Waals surface area contributed by atoms with Crippen LogP contribution in [0.4, 0.5) is 4.79 Å². The van der Waals surface area contributed by atoms with Crippen molar-refractivity contribution in [3.63, 3.8) is 0 Å². The number of nitrogens with zero attached hydrogens (tertiary/aromatic N) is 2. The molecule has 0 radical (unpaired) electrons. The standard InChI is InChI=1S/C17H16N2O5S/c20-16-11-24-17(21)19(16)13-8-9-18(10-13)25(22,23)15-7-3-5-12-4-1-2-6-14(12)15/h1-7,13H,8-11H2/t13-/m0/s1. The van der Waals surface area contributed by atoms with Gasteiger partial charge in [0.15, 0.2) is 6.61 Å². The third kappa shape index (κ3) is 2.58.